The lowest BCUT2D eigenvalue weighted by Crippen LogP contribution is -2.22. The third-order valence-corrected chi connectivity index (χ3v) is 6.22. The van der Waals surface area contributed by atoms with Crippen LogP contribution in [0.5, 0.6) is 11.5 Å². The van der Waals surface area contributed by atoms with E-state index in [2.05, 4.69) is 9.97 Å². The van der Waals surface area contributed by atoms with Gasteiger partial charge in [0.1, 0.15) is 11.0 Å². The van der Waals surface area contributed by atoms with Crippen LogP contribution < -0.4 is 15.0 Å². The molecule has 0 aliphatic heterocycles. The molecule has 3 aromatic heterocycles. The fraction of sp³-hybridized carbons (Fsp3) is 0.125. The van der Waals surface area contributed by atoms with Gasteiger partial charge < -0.3 is 14.5 Å². The molecule has 0 amide bonds. The highest BCUT2D eigenvalue weighted by Gasteiger charge is 2.18. The Labute approximate surface area is 188 Å². The summed E-state index contributed by atoms with van der Waals surface area (Å²) in [7, 11) is 3.15. The monoisotopic (exact) mass is 444 g/mol. The van der Waals surface area contributed by atoms with Gasteiger partial charge in [0.2, 0.25) is 0 Å². The van der Waals surface area contributed by atoms with E-state index in [0.29, 0.717) is 39.1 Å². The number of rotatable bonds is 6. The number of benzene rings is 2. The molecule has 0 bridgehead atoms. The number of nitrogens with one attached hydrogen (secondary N) is 1. The Morgan fingerprint density at radius 1 is 1.03 bits per heavy atom. The standard InChI is InChI=1S/C24H20N4O3S/c1-30-19-10-9-16(12-20(19)31-2)28-23(29)22-21(17-7-3-4-8-18(17)26-22)27-24(28)32-14-15-6-5-11-25-13-15/h3-13,26H,14H2,1-2H3. The molecule has 0 aliphatic carbocycles. The Morgan fingerprint density at radius 3 is 2.66 bits per heavy atom. The summed E-state index contributed by atoms with van der Waals surface area (Å²) >= 11 is 1.49. The van der Waals surface area contributed by atoms with Crippen LogP contribution in [0.2, 0.25) is 0 Å². The van der Waals surface area contributed by atoms with E-state index in [9.17, 15) is 4.79 Å². The molecule has 0 spiro atoms. The van der Waals surface area contributed by atoms with Gasteiger partial charge in [-0.25, -0.2) is 4.98 Å². The van der Waals surface area contributed by atoms with Crippen molar-refractivity contribution in [3.8, 4) is 17.2 Å². The first-order chi connectivity index (χ1) is 15.7. The Hall–Kier alpha value is -3.78. The average Bonchev–Trinajstić information content (AvgIpc) is 3.22. The normalized spacial score (nSPS) is 11.2. The Kier molecular flexibility index (Phi) is 5.28. The molecule has 3 heterocycles. The van der Waals surface area contributed by atoms with Crippen LogP contribution in [0.15, 0.2) is 76.9 Å². The highest BCUT2D eigenvalue weighted by atomic mass is 32.2. The summed E-state index contributed by atoms with van der Waals surface area (Å²) in [4.78, 5) is 26.0. The molecule has 32 heavy (non-hydrogen) atoms. The van der Waals surface area contributed by atoms with E-state index < -0.39 is 0 Å². The van der Waals surface area contributed by atoms with Gasteiger partial charge in [0.05, 0.1) is 19.9 Å². The lowest BCUT2D eigenvalue weighted by molar-refractivity contribution is 0.354. The summed E-state index contributed by atoms with van der Waals surface area (Å²) in [5.41, 5.74) is 3.52. The molecule has 160 valence electrons. The number of nitrogens with zero attached hydrogens (tertiary/aromatic N) is 3. The number of thioether (sulfide) groups is 1. The first-order valence-electron chi connectivity index (χ1n) is 9.97. The maximum absolute atomic E-state index is 13.7. The van der Waals surface area contributed by atoms with Crippen LogP contribution in [-0.4, -0.2) is 33.7 Å². The summed E-state index contributed by atoms with van der Waals surface area (Å²) in [6, 6.07) is 17.1. The van der Waals surface area contributed by atoms with Crippen LogP contribution in [0.4, 0.5) is 0 Å². The van der Waals surface area contributed by atoms with E-state index in [1.54, 1.807) is 37.1 Å². The number of aromatic nitrogens is 4. The summed E-state index contributed by atoms with van der Waals surface area (Å²) in [5, 5.41) is 1.51. The minimum atomic E-state index is -0.174. The van der Waals surface area contributed by atoms with Gasteiger partial charge in [-0.3, -0.25) is 14.3 Å². The maximum atomic E-state index is 13.7. The van der Waals surface area contributed by atoms with Gasteiger partial charge in [0.25, 0.3) is 5.56 Å². The number of hydrogen-bond acceptors (Lipinski definition) is 6. The van der Waals surface area contributed by atoms with Gasteiger partial charge >= 0.3 is 0 Å². The molecule has 1 N–H and O–H groups in total. The number of para-hydroxylation sites is 1. The molecule has 0 fully saturated rings. The SMILES string of the molecule is COc1ccc(-n2c(SCc3cccnc3)nc3c([nH]c4ccccc43)c2=O)cc1OC. The number of hydrogen-bond donors (Lipinski definition) is 1. The molecule has 0 unspecified atom stereocenters. The number of ether oxygens (including phenoxy) is 2. The topological polar surface area (TPSA) is 82.0 Å². The molecule has 8 heteroatoms. The first-order valence-corrected chi connectivity index (χ1v) is 11.0. The summed E-state index contributed by atoms with van der Waals surface area (Å²) < 4.78 is 12.4. The number of pyridine rings is 1. The van der Waals surface area contributed by atoms with Gasteiger partial charge in [0.15, 0.2) is 16.7 Å². The molecule has 0 aliphatic rings. The van der Waals surface area contributed by atoms with Crippen LogP contribution in [-0.2, 0) is 5.75 Å². The van der Waals surface area contributed by atoms with Gasteiger partial charge in [0, 0.05) is 35.1 Å². The van der Waals surface area contributed by atoms with Crippen LogP contribution in [0.25, 0.3) is 27.6 Å². The summed E-state index contributed by atoms with van der Waals surface area (Å²) in [5.74, 6) is 1.76. The van der Waals surface area contributed by atoms with Crippen LogP contribution in [0.1, 0.15) is 5.56 Å². The predicted molar refractivity (Wildman–Crippen MR) is 126 cm³/mol. The second kappa shape index (κ2) is 8.39. The Balaban J connectivity index is 1.73. The molecular formula is C24H20N4O3S. The first kappa shape index (κ1) is 20.1. The minimum absolute atomic E-state index is 0.174. The highest BCUT2D eigenvalue weighted by Crippen LogP contribution is 2.32. The van der Waals surface area contributed by atoms with Crippen molar-refractivity contribution in [2.24, 2.45) is 0 Å². The summed E-state index contributed by atoms with van der Waals surface area (Å²) in [6.45, 7) is 0. The average molecular weight is 445 g/mol. The molecule has 5 aromatic rings. The second-order valence-electron chi connectivity index (χ2n) is 7.12. The van der Waals surface area contributed by atoms with E-state index in [4.69, 9.17) is 14.5 Å². The Morgan fingerprint density at radius 2 is 1.88 bits per heavy atom. The lowest BCUT2D eigenvalue weighted by atomic mass is 10.2. The smallest absolute Gasteiger partial charge is 0.283 e. The zero-order valence-corrected chi connectivity index (χ0v) is 18.3. The lowest BCUT2D eigenvalue weighted by Gasteiger charge is -2.14. The zero-order chi connectivity index (χ0) is 22.1. The zero-order valence-electron chi connectivity index (χ0n) is 17.5. The molecule has 2 aromatic carbocycles. The van der Waals surface area contributed by atoms with Crippen LogP contribution in [0, 0.1) is 0 Å². The second-order valence-corrected chi connectivity index (χ2v) is 8.06. The van der Waals surface area contributed by atoms with E-state index >= 15 is 0 Å². The van der Waals surface area contributed by atoms with Crippen molar-refractivity contribution in [2.45, 2.75) is 10.9 Å². The maximum Gasteiger partial charge on any atom is 0.283 e. The van der Waals surface area contributed by atoms with Crippen molar-refractivity contribution in [2.75, 3.05) is 14.2 Å². The molecule has 0 saturated heterocycles. The molecule has 7 nitrogen and oxygen atoms in total. The van der Waals surface area contributed by atoms with Crippen molar-refractivity contribution < 1.29 is 9.47 Å². The van der Waals surface area contributed by atoms with E-state index in [1.165, 1.54) is 11.8 Å². The third kappa shape index (κ3) is 3.48. The van der Waals surface area contributed by atoms with Gasteiger partial charge in [-0.05, 0) is 29.8 Å². The number of aromatic amines is 1. The number of fused-ring (bicyclic) bond motifs is 3. The van der Waals surface area contributed by atoms with Gasteiger partial charge in [-0.1, -0.05) is 36.0 Å². The summed E-state index contributed by atoms with van der Waals surface area (Å²) in [6.07, 6.45) is 3.56. The minimum Gasteiger partial charge on any atom is -0.493 e. The van der Waals surface area contributed by atoms with Crippen molar-refractivity contribution in [3.05, 3.63) is 82.9 Å². The molecule has 5 rings (SSSR count). The third-order valence-electron chi connectivity index (χ3n) is 5.21. The van der Waals surface area contributed by atoms with E-state index in [1.807, 2.05) is 48.7 Å². The quantitative estimate of drug-likeness (QED) is 0.305. The largest absolute Gasteiger partial charge is 0.493 e. The highest BCUT2D eigenvalue weighted by molar-refractivity contribution is 7.98. The fourth-order valence-electron chi connectivity index (χ4n) is 3.66. The van der Waals surface area contributed by atoms with Crippen molar-refractivity contribution in [3.63, 3.8) is 0 Å². The number of H-pyrrole nitrogens is 1. The molecular weight excluding hydrogens is 424 g/mol. The predicted octanol–water partition coefficient (Wildman–Crippen LogP) is 4.57. The van der Waals surface area contributed by atoms with E-state index in [0.717, 1.165) is 16.5 Å². The van der Waals surface area contributed by atoms with Crippen LogP contribution >= 0.6 is 11.8 Å². The molecule has 0 atom stereocenters. The van der Waals surface area contributed by atoms with Gasteiger partial charge in [-0.15, -0.1) is 0 Å². The molecule has 0 radical (unpaired) electrons. The van der Waals surface area contributed by atoms with Crippen molar-refractivity contribution in [1.29, 1.82) is 0 Å². The van der Waals surface area contributed by atoms with E-state index in [-0.39, 0.29) is 5.56 Å². The van der Waals surface area contributed by atoms with Gasteiger partial charge in [-0.2, -0.15) is 0 Å². The van der Waals surface area contributed by atoms with Crippen LogP contribution in [0.3, 0.4) is 0 Å². The van der Waals surface area contributed by atoms with Crippen molar-refractivity contribution >= 4 is 33.7 Å². The molecule has 0 saturated carbocycles. The number of methoxy groups -OCH3 is 2. The Bertz CT molecular complexity index is 1480. The fourth-order valence-corrected chi connectivity index (χ4v) is 4.60. The van der Waals surface area contributed by atoms with Crippen molar-refractivity contribution in [1.82, 2.24) is 19.5 Å².